The molecule has 0 saturated carbocycles. The average molecular weight is 218 g/mol. The Bertz CT molecular complexity index is 276. The molecule has 2 aromatic carbocycles. The zero-order valence-electron chi connectivity index (χ0n) is 5.62. The van der Waals surface area contributed by atoms with Gasteiger partial charge < -0.3 is 0 Å². The third-order valence-electron chi connectivity index (χ3n) is 1.66. The van der Waals surface area contributed by atoms with Gasteiger partial charge in [-0.25, -0.2) is 0 Å². The summed E-state index contributed by atoms with van der Waals surface area (Å²) in [5, 5.41) is 2.62. The second-order valence-corrected chi connectivity index (χ2v) is 2.35. The summed E-state index contributed by atoms with van der Waals surface area (Å²) in [4.78, 5) is 0. The van der Waals surface area contributed by atoms with E-state index >= 15 is 0 Å². The van der Waals surface area contributed by atoms with Crippen molar-refractivity contribution in [2.45, 2.75) is 0 Å². The van der Waals surface area contributed by atoms with Gasteiger partial charge in [0, 0.05) is 0 Å². The molecule has 0 nitrogen and oxygen atoms in total. The zero-order valence-corrected chi connectivity index (χ0v) is 5.62. The normalized spacial score (nSPS) is 9.09. The Morgan fingerprint density at radius 2 is 0.818 bits per heavy atom. The molecular weight excluding hydrogens is 208 g/mol. The van der Waals surface area contributed by atoms with Crippen LogP contribution in [-0.4, -0.2) is 45.5 Å². The van der Waals surface area contributed by atoms with Crippen molar-refractivity contribution in [1.82, 2.24) is 0 Å². The second-order valence-electron chi connectivity index (χ2n) is 2.35. The van der Waals surface area contributed by atoms with Crippen LogP contribution in [0.25, 0.3) is 10.8 Å². The van der Waals surface area contributed by atoms with Crippen molar-refractivity contribution in [3.63, 3.8) is 0 Å². The molecule has 0 aromatic heterocycles. The van der Waals surface area contributed by atoms with Crippen LogP contribution in [0.5, 0.6) is 0 Å². The summed E-state index contributed by atoms with van der Waals surface area (Å²) < 4.78 is 0. The van der Waals surface area contributed by atoms with Crippen LogP contribution < -0.4 is 0 Å². The molecule has 11 heavy (non-hydrogen) atoms. The van der Waals surface area contributed by atoms with E-state index in [1.807, 2.05) is 0 Å². The van der Waals surface area contributed by atoms with Gasteiger partial charge >= 0.3 is 45.5 Å². The number of fused-ring (bicyclic) bond motifs is 1. The topological polar surface area (TPSA) is 0 Å². The number of hydrogen-bond acceptors (Lipinski definition) is 0. The summed E-state index contributed by atoms with van der Waals surface area (Å²) >= 11 is 0. The maximum Gasteiger partial charge on any atom is -0.0184 e. The van der Waals surface area contributed by atoms with E-state index in [1.54, 1.807) is 0 Å². The molecule has 0 unspecified atom stereocenters. The smallest absolute Gasteiger partial charge is 0.0184 e. The zero-order chi connectivity index (χ0) is 6.81. The minimum atomic E-state index is 0. The molecule has 0 fully saturated rings. The molecule has 0 radical (unpaired) electrons. The van der Waals surface area contributed by atoms with E-state index in [2.05, 4.69) is 48.5 Å². The van der Waals surface area contributed by atoms with E-state index in [4.69, 9.17) is 0 Å². The summed E-state index contributed by atoms with van der Waals surface area (Å²) in [6.07, 6.45) is 0. The fourth-order valence-corrected chi connectivity index (χ4v) is 1.13. The Kier molecular flexibility index (Phi) is 3.60. The van der Waals surface area contributed by atoms with E-state index in [0.717, 1.165) is 0 Å². The summed E-state index contributed by atoms with van der Waals surface area (Å²) in [6.45, 7) is 0. The molecule has 52 valence electrons. The first-order valence-corrected chi connectivity index (χ1v) is 3.40. The Morgan fingerprint density at radius 1 is 0.545 bits per heavy atom. The van der Waals surface area contributed by atoms with Gasteiger partial charge in [-0.3, -0.25) is 0 Å². The average Bonchev–Trinajstić information content (AvgIpc) is 2.05. The molecule has 2 aromatic rings. The first-order chi connectivity index (χ1) is 4.97. The van der Waals surface area contributed by atoms with Crippen molar-refractivity contribution in [3.8, 4) is 0 Å². The van der Waals surface area contributed by atoms with Crippen LogP contribution in [0.3, 0.4) is 0 Å². The molecule has 2 rings (SSSR count). The van der Waals surface area contributed by atoms with Crippen molar-refractivity contribution < 1.29 is 0 Å². The van der Waals surface area contributed by atoms with Gasteiger partial charge in [0.25, 0.3) is 0 Å². The van der Waals surface area contributed by atoms with Crippen LogP contribution in [0.1, 0.15) is 0 Å². The molecule has 0 atom stereocenters. The summed E-state index contributed by atoms with van der Waals surface area (Å²) in [5.74, 6) is 0. The fourth-order valence-electron chi connectivity index (χ4n) is 1.13. The van der Waals surface area contributed by atoms with Gasteiger partial charge in [-0.1, -0.05) is 48.5 Å². The molecule has 0 N–H and O–H groups in total. The number of rotatable bonds is 0. The molecular formula is C10H10Sr. The molecule has 0 aliphatic rings. The maximum absolute atomic E-state index is 2.12. The molecule has 0 amide bonds. The SMILES string of the molecule is [SrH2].c1ccc2ccccc2c1. The van der Waals surface area contributed by atoms with Gasteiger partial charge in [0.15, 0.2) is 0 Å². The van der Waals surface area contributed by atoms with Crippen molar-refractivity contribution in [1.29, 1.82) is 0 Å². The fraction of sp³-hybridized carbons (Fsp3) is 0. The predicted octanol–water partition coefficient (Wildman–Crippen LogP) is 1.92. The monoisotopic (exact) mass is 218 g/mol. The Morgan fingerprint density at radius 3 is 1.09 bits per heavy atom. The third kappa shape index (κ3) is 2.06. The first kappa shape index (κ1) is 9.27. The van der Waals surface area contributed by atoms with Gasteiger partial charge in [0.2, 0.25) is 0 Å². The third-order valence-corrected chi connectivity index (χ3v) is 1.66. The molecule has 1 heteroatoms. The molecule has 0 aliphatic carbocycles. The maximum atomic E-state index is 2.12. The Hall–Kier alpha value is 0.181. The molecule has 0 heterocycles. The molecule has 0 bridgehead atoms. The molecule has 0 saturated heterocycles. The number of benzene rings is 2. The first-order valence-electron chi connectivity index (χ1n) is 3.40. The molecule has 0 aliphatic heterocycles. The van der Waals surface area contributed by atoms with Crippen molar-refractivity contribution in [3.05, 3.63) is 48.5 Å². The van der Waals surface area contributed by atoms with Crippen molar-refractivity contribution in [2.24, 2.45) is 0 Å². The van der Waals surface area contributed by atoms with Gasteiger partial charge in [-0.2, -0.15) is 0 Å². The Balaban J connectivity index is 0.000000605. The van der Waals surface area contributed by atoms with Crippen molar-refractivity contribution >= 4 is 56.3 Å². The van der Waals surface area contributed by atoms with Crippen LogP contribution in [0, 0.1) is 0 Å². The van der Waals surface area contributed by atoms with Gasteiger partial charge in [0.1, 0.15) is 0 Å². The van der Waals surface area contributed by atoms with Gasteiger partial charge in [0.05, 0.1) is 0 Å². The summed E-state index contributed by atoms with van der Waals surface area (Å²) in [6, 6.07) is 16.7. The van der Waals surface area contributed by atoms with E-state index in [9.17, 15) is 0 Å². The van der Waals surface area contributed by atoms with Crippen LogP contribution >= 0.6 is 0 Å². The van der Waals surface area contributed by atoms with Gasteiger partial charge in [-0.15, -0.1) is 0 Å². The minimum absolute atomic E-state index is 0. The van der Waals surface area contributed by atoms with E-state index in [-0.39, 0.29) is 45.5 Å². The van der Waals surface area contributed by atoms with Crippen LogP contribution in [-0.2, 0) is 0 Å². The standard InChI is InChI=1S/C10H8.Sr.2H/c1-2-6-10-8-4-3-7-9(10)5-1;;;/h1-8H;;;. The summed E-state index contributed by atoms with van der Waals surface area (Å²) in [7, 11) is 0. The minimum Gasteiger partial charge on any atom is -0.0616 e. The number of hydrogen-bond donors (Lipinski definition) is 0. The quantitative estimate of drug-likeness (QED) is 0.592. The van der Waals surface area contributed by atoms with Gasteiger partial charge in [-0.05, 0) is 10.8 Å². The van der Waals surface area contributed by atoms with E-state index in [0.29, 0.717) is 0 Å². The predicted molar refractivity (Wildman–Crippen MR) is 52.5 cm³/mol. The van der Waals surface area contributed by atoms with Crippen LogP contribution in [0.4, 0.5) is 0 Å². The van der Waals surface area contributed by atoms with E-state index < -0.39 is 0 Å². The van der Waals surface area contributed by atoms with Crippen LogP contribution in [0.2, 0.25) is 0 Å². The van der Waals surface area contributed by atoms with E-state index in [1.165, 1.54) is 10.8 Å². The molecule has 0 spiro atoms. The Labute approximate surface area is 104 Å². The largest absolute Gasteiger partial charge is 0.0616 e. The van der Waals surface area contributed by atoms with Crippen molar-refractivity contribution in [2.75, 3.05) is 0 Å². The summed E-state index contributed by atoms with van der Waals surface area (Å²) in [5.41, 5.74) is 0. The second kappa shape index (κ2) is 4.27. The van der Waals surface area contributed by atoms with Crippen LogP contribution in [0.15, 0.2) is 48.5 Å².